The minimum Gasteiger partial charge on any atom is -0.497 e. The number of benzene rings is 1. The van der Waals surface area contributed by atoms with Crippen molar-refractivity contribution in [3.63, 3.8) is 0 Å². The van der Waals surface area contributed by atoms with Crippen LogP contribution in [0.4, 0.5) is 0 Å². The number of sulfone groups is 1. The molecule has 10 heteroatoms. The van der Waals surface area contributed by atoms with Gasteiger partial charge in [-0.25, -0.2) is 8.42 Å². The summed E-state index contributed by atoms with van der Waals surface area (Å²) in [6.07, 6.45) is 0.493. The van der Waals surface area contributed by atoms with Crippen molar-refractivity contribution in [2.75, 3.05) is 31.4 Å². The van der Waals surface area contributed by atoms with Crippen LogP contribution in [0, 0.1) is 6.92 Å². The lowest BCUT2D eigenvalue weighted by atomic mass is 10.1. The summed E-state index contributed by atoms with van der Waals surface area (Å²) in [4.78, 5) is 14.2. The van der Waals surface area contributed by atoms with Crippen molar-refractivity contribution >= 4 is 44.1 Å². The zero-order valence-corrected chi connectivity index (χ0v) is 18.1. The number of carbonyl (C=O) groups is 1. The van der Waals surface area contributed by atoms with Gasteiger partial charge in [0.2, 0.25) is 5.91 Å². The molecule has 3 aromatic rings. The van der Waals surface area contributed by atoms with E-state index in [2.05, 4.69) is 10.2 Å². The Bertz CT molecular complexity index is 1210. The van der Waals surface area contributed by atoms with Crippen LogP contribution in [0.3, 0.4) is 0 Å². The summed E-state index contributed by atoms with van der Waals surface area (Å²) in [5.41, 5.74) is 2.69. The van der Waals surface area contributed by atoms with E-state index in [1.807, 2.05) is 35.6 Å². The number of aromatic nitrogens is 3. The molecule has 2 aromatic heterocycles. The summed E-state index contributed by atoms with van der Waals surface area (Å²) in [7, 11) is 0.250. The van der Waals surface area contributed by atoms with Gasteiger partial charge in [0.1, 0.15) is 5.75 Å². The Morgan fingerprint density at radius 2 is 2.14 bits per heavy atom. The lowest BCUT2D eigenvalue weighted by molar-refractivity contribution is -0.128. The summed E-state index contributed by atoms with van der Waals surface area (Å²) in [6.45, 7) is 2.02. The van der Waals surface area contributed by atoms with Crippen LogP contribution in [0.1, 0.15) is 12.0 Å². The van der Waals surface area contributed by atoms with Crippen molar-refractivity contribution in [2.24, 2.45) is 0 Å². The fraction of sp³-hybridized carbons (Fsp3) is 0.421. The summed E-state index contributed by atoms with van der Waals surface area (Å²) >= 11 is 1.29. The fourth-order valence-corrected chi connectivity index (χ4v) is 6.29. The Hall–Kier alpha value is -2.33. The third kappa shape index (κ3) is 3.78. The van der Waals surface area contributed by atoms with E-state index in [0.717, 1.165) is 22.2 Å². The van der Waals surface area contributed by atoms with Gasteiger partial charge in [-0.1, -0.05) is 11.8 Å². The molecule has 1 unspecified atom stereocenters. The van der Waals surface area contributed by atoms with Crippen molar-refractivity contribution in [2.45, 2.75) is 24.5 Å². The number of rotatable bonds is 5. The van der Waals surface area contributed by atoms with Gasteiger partial charge in [-0.2, -0.15) is 0 Å². The second-order valence-corrected chi connectivity index (χ2v) is 10.4. The molecule has 1 fully saturated rings. The van der Waals surface area contributed by atoms with Crippen LogP contribution in [-0.2, 0) is 14.6 Å². The number of nitrogens with zero attached hydrogens (tertiary/aromatic N) is 4. The van der Waals surface area contributed by atoms with Gasteiger partial charge in [0, 0.05) is 24.5 Å². The predicted octanol–water partition coefficient (Wildman–Crippen LogP) is 1.94. The van der Waals surface area contributed by atoms with Gasteiger partial charge in [0.15, 0.2) is 20.6 Å². The van der Waals surface area contributed by atoms with Gasteiger partial charge in [0.05, 0.1) is 29.9 Å². The molecule has 1 atom stereocenters. The number of aryl methyl sites for hydroxylation is 1. The van der Waals surface area contributed by atoms with Crippen LogP contribution in [0.25, 0.3) is 16.6 Å². The van der Waals surface area contributed by atoms with E-state index in [0.29, 0.717) is 17.2 Å². The highest BCUT2D eigenvalue weighted by Gasteiger charge is 2.32. The molecule has 1 aliphatic heterocycles. The van der Waals surface area contributed by atoms with Gasteiger partial charge in [-0.05, 0) is 37.1 Å². The number of amides is 1. The largest absolute Gasteiger partial charge is 0.497 e. The van der Waals surface area contributed by atoms with Gasteiger partial charge >= 0.3 is 0 Å². The number of methoxy groups -OCH3 is 1. The van der Waals surface area contributed by atoms with Crippen LogP contribution in [0.15, 0.2) is 29.4 Å². The molecular formula is C19H22N4O4S2. The molecular weight excluding hydrogens is 412 g/mol. The average molecular weight is 435 g/mol. The molecule has 0 saturated carbocycles. The van der Waals surface area contributed by atoms with Crippen molar-refractivity contribution in [1.29, 1.82) is 0 Å². The number of pyridine rings is 1. The van der Waals surface area contributed by atoms with Gasteiger partial charge in [0.25, 0.3) is 0 Å². The molecule has 1 saturated heterocycles. The van der Waals surface area contributed by atoms with Crippen LogP contribution >= 0.6 is 11.8 Å². The third-order valence-corrected chi connectivity index (χ3v) is 8.01. The van der Waals surface area contributed by atoms with Gasteiger partial charge in [-0.3, -0.25) is 9.20 Å². The number of thioether (sulfide) groups is 1. The van der Waals surface area contributed by atoms with Gasteiger partial charge in [-0.15, -0.1) is 10.2 Å². The van der Waals surface area contributed by atoms with E-state index in [4.69, 9.17) is 4.74 Å². The van der Waals surface area contributed by atoms with Crippen LogP contribution in [0.5, 0.6) is 5.75 Å². The van der Waals surface area contributed by atoms with Gasteiger partial charge < -0.3 is 9.64 Å². The molecule has 0 aliphatic carbocycles. The highest BCUT2D eigenvalue weighted by molar-refractivity contribution is 7.99. The predicted molar refractivity (Wildman–Crippen MR) is 112 cm³/mol. The molecule has 4 rings (SSSR count). The molecule has 1 aromatic carbocycles. The summed E-state index contributed by atoms with van der Waals surface area (Å²) < 4.78 is 30.7. The van der Waals surface area contributed by atoms with E-state index in [9.17, 15) is 13.2 Å². The number of ether oxygens (including phenoxy) is 1. The van der Waals surface area contributed by atoms with E-state index < -0.39 is 9.84 Å². The Morgan fingerprint density at radius 1 is 1.34 bits per heavy atom. The monoisotopic (exact) mass is 434 g/mol. The molecule has 8 nitrogen and oxygen atoms in total. The number of hydrogen-bond acceptors (Lipinski definition) is 7. The number of fused-ring (bicyclic) bond motifs is 3. The maximum absolute atomic E-state index is 12.6. The first-order valence-corrected chi connectivity index (χ1v) is 12.0. The molecule has 0 bridgehead atoms. The molecule has 29 heavy (non-hydrogen) atoms. The van der Waals surface area contributed by atoms with Crippen molar-refractivity contribution < 1.29 is 17.9 Å². The van der Waals surface area contributed by atoms with E-state index in [1.165, 1.54) is 11.8 Å². The zero-order chi connectivity index (χ0) is 20.8. The molecule has 0 N–H and O–H groups in total. The quantitative estimate of drug-likeness (QED) is 0.567. The first-order valence-electron chi connectivity index (χ1n) is 9.20. The molecule has 1 amide bonds. The van der Waals surface area contributed by atoms with E-state index in [-0.39, 0.29) is 29.2 Å². The lowest BCUT2D eigenvalue weighted by Crippen LogP contribution is -2.38. The minimum absolute atomic E-state index is 0.0392. The Balaban J connectivity index is 1.60. The summed E-state index contributed by atoms with van der Waals surface area (Å²) in [5.74, 6) is 0.949. The highest BCUT2D eigenvalue weighted by Crippen LogP contribution is 2.29. The van der Waals surface area contributed by atoms with Crippen LogP contribution in [0.2, 0.25) is 0 Å². The molecule has 3 heterocycles. The summed E-state index contributed by atoms with van der Waals surface area (Å²) in [6, 6.07) is 7.54. The topological polar surface area (TPSA) is 93.9 Å². The second kappa shape index (κ2) is 7.49. The first-order chi connectivity index (χ1) is 13.8. The average Bonchev–Trinajstić information content (AvgIpc) is 3.27. The smallest absolute Gasteiger partial charge is 0.233 e. The molecule has 0 spiro atoms. The molecule has 0 radical (unpaired) electrons. The van der Waals surface area contributed by atoms with Crippen molar-refractivity contribution in [1.82, 2.24) is 19.5 Å². The third-order valence-electron chi connectivity index (χ3n) is 5.35. The molecule has 154 valence electrons. The van der Waals surface area contributed by atoms with Crippen molar-refractivity contribution in [3.8, 4) is 5.75 Å². The van der Waals surface area contributed by atoms with Crippen molar-refractivity contribution in [3.05, 3.63) is 29.8 Å². The highest BCUT2D eigenvalue weighted by atomic mass is 32.2. The molecule has 1 aliphatic rings. The zero-order valence-electron chi connectivity index (χ0n) is 16.5. The summed E-state index contributed by atoms with van der Waals surface area (Å²) in [5, 5.41) is 10.2. The Morgan fingerprint density at radius 3 is 2.83 bits per heavy atom. The van der Waals surface area contributed by atoms with Crippen LogP contribution < -0.4 is 4.74 Å². The maximum Gasteiger partial charge on any atom is 0.233 e. The normalized spacial score (nSPS) is 18.4. The Kier molecular flexibility index (Phi) is 5.16. The first kappa shape index (κ1) is 20.0. The lowest BCUT2D eigenvalue weighted by Gasteiger charge is -2.23. The SMILES string of the molecule is COc1ccc2c(C)cc3nnc(SCC(=O)N(C)C4CCS(=O)(=O)C4)n3c2c1. The number of carbonyl (C=O) groups excluding carboxylic acids is 1. The number of hydrogen-bond donors (Lipinski definition) is 0. The second-order valence-electron chi connectivity index (χ2n) is 7.24. The maximum atomic E-state index is 12.6. The Labute approximate surface area is 173 Å². The minimum atomic E-state index is -3.04. The van der Waals surface area contributed by atoms with E-state index >= 15 is 0 Å². The fourth-order valence-electron chi connectivity index (χ4n) is 3.64. The standard InChI is InChI=1S/C19H22N4O4S2/c1-12-8-17-20-21-19(23(17)16-9-14(27-3)4-5-15(12)16)28-10-18(24)22(2)13-6-7-29(25,26)11-13/h4-5,8-9,13H,6-7,10-11H2,1-3H3. The van der Waals surface area contributed by atoms with E-state index in [1.54, 1.807) is 19.1 Å². The van der Waals surface area contributed by atoms with Crippen LogP contribution in [-0.4, -0.2) is 71.3 Å².